The molecular formula is C44H58N10O2. The van der Waals surface area contributed by atoms with Gasteiger partial charge in [-0.15, -0.1) is 0 Å². The molecule has 12 nitrogen and oxygen atoms in total. The summed E-state index contributed by atoms with van der Waals surface area (Å²) in [5.74, 6) is 0.356. The molecule has 0 fully saturated rings. The summed E-state index contributed by atoms with van der Waals surface area (Å²) in [7, 11) is 0. The van der Waals surface area contributed by atoms with Crippen molar-refractivity contribution in [1.29, 1.82) is 0 Å². The Hall–Kier alpha value is -5.14. The molecule has 5 rings (SSSR count). The Morgan fingerprint density at radius 1 is 0.554 bits per heavy atom. The lowest BCUT2D eigenvalue weighted by Gasteiger charge is -2.22. The van der Waals surface area contributed by atoms with Gasteiger partial charge in [0.25, 0.3) is 0 Å². The maximum atomic E-state index is 11.2. The number of nitrogens with one attached hydrogen (secondary N) is 2. The Balaban J connectivity index is 1.30. The molecular weight excluding hydrogens is 701 g/mol. The molecule has 4 bridgehead atoms. The van der Waals surface area contributed by atoms with Crippen LogP contribution in [0.1, 0.15) is 70.7 Å². The van der Waals surface area contributed by atoms with Crippen LogP contribution in [0.2, 0.25) is 0 Å². The minimum atomic E-state index is 0.125. The van der Waals surface area contributed by atoms with E-state index in [-0.39, 0.29) is 23.6 Å². The summed E-state index contributed by atoms with van der Waals surface area (Å²) in [5.41, 5.74) is 6.76. The molecule has 0 saturated carbocycles. The fourth-order valence-corrected chi connectivity index (χ4v) is 6.54. The monoisotopic (exact) mass is 758 g/mol. The topological polar surface area (TPSA) is 146 Å². The number of nitrogens with zero attached hydrogens (tertiary/aromatic N) is 8. The number of aryl methyl sites for hydroxylation is 2. The molecule has 4 aromatic rings. The van der Waals surface area contributed by atoms with E-state index in [1.807, 2.05) is 86.9 Å². The van der Waals surface area contributed by atoms with E-state index in [4.69, 9.17) is 20.0 Å². The molecule has 2 aromatic carbocycles. The highest BCUT2D eigenvalue weighted by Gasteiger charge is 2.12. The van der Waals surface area contributed by atoms with Crippen LogP contribution in [-0.4, -0.2) is 133 Å². The van der Waals surface area contributed by atoms with Crippen molar-refractivity contribution in [3.05, 3.63) is 118 Å². The van der Waals surface area contributed by atoms with Gasteiger partial charge in [-0.1, -0.05) is 12.1 Å². The van der Waals surface area contributed by atoms with E-state index in [0.717, 1.165) is 74.9 Å². The van der Waals surface area contributed by atoms with E-state index >= 15 is 0 Å². The molecule has 0 aliphatic carbocycles. The van der Waals surface area contributed by atoms with Gasteiger partial charge in [0.15, 0.2) is 0 Å². The van der Waals surface area contributed by atoms with Crippen LogP contribution in [0.3, 0.4) is 0 Å². The number of fused-ring (bicyclic) bond motifs is 4. The molecule has 0 saturated heterocycles. The average Bonchev–Trinajstić information content (AvgIpc) is 3.20. The molecule has 1 aliphatic rings. The fraction of sp³-hybridized carbons (Fsp3) is 0.409. The molecule has 12 heteroatoms. The van der Waals surface area contributed by atoms with Crippen molar-refractivity contribution in [1.82, 2.24) is 30.4 Å². The van der Waals surface area contributed by atoms with Crippen molar-refractivity contribution < 1.29 is 10.2 Å². The molecule has 0 radical (unpaired) electrons. The number of aliphatic imine (C=N–C) groups is 4. The van der Waals surface area contributed by atoms with Crippen molar-refractivity contribution in [2.45, 2.75) is 39.8 Å². The zero-order chi connectivity index (χ0) is 39.5. The summed E-state index contributed by atoms with van der Waals surface area (Å²) in [6.45, 7) is 16.5. The minimum absolute atomic E-state index is 0.125. The quantitative estimate of drug-likeness (QED) is 0.173. The number of phenolic OH excluding ortho intramolecular Hbond substituents is 2. The molecule has 2 aromatic heterocycles. The van der Waals surface area contributed by atoms with Crippen LogP contribution in [0.25, 0.3) is 0 Å². The predicted octanol–water partition coefficient (Wildman–Crippen LogP) is 5.20. The van der Waals surface area contributed by atoms with Crippen LogP contribution >= 0.6 is 0 Å². The number of aromatic nitrogens is 2. The highest BCUT2D eigenvalue weighted by molar-refractivity contribution is 5.93. The highest BCUT2D eigenvalue weighted by atomic mass is 16.3. The van der Waals surface area contributed by atoms with E-state index in [1.165, 1.54) is 0 Å². The van der Waals surface area contributed by atoms with Crippen LogP contribution in [0.5, 0.6) is 11.5 Å². The fourth-order valence-electron chi connectivity index (χ4n) is 6.54. The minimum Gasteiger partial charge on any atom is -0.507 e. The zero-order valence-corrected chi connectivity index (χ0v) is 33.3. The van der Waals surface area contributed by atoms with Crippen LogP contribution in [0, 0.1) is 13.8 Å². The first-order valence-corrected chi connectivity index (χ1v) is 19.7. The Labute approximate surface area is 332 Å². The van der Waals surface area contributed by atoms with Crippen molar-refractivity contribution in [3.63, 3.8) is 0 Å². The summed E-state index contributed by atoms with van der Waals surface area (Å²) in [6.07, 6.45) is 10.7. The maximum Gasteiger partial charge on any atom is 0.133 e. The standard InChI is InChI=1S/C44H58N10O2/c1-33-25-37-29-45-13-19-53(23-17-49-35(3)41-9-5-7-11-51-41)21-15-47-31-39-27-34(2)28-40(44(39)56)32-48-16-22-54(20-14-46-30-38(26-33)43(37)55)24-18-50-36(4)42-10-6-8-12-52-42/h5-12,25-32,35-36,49-50,55-56H,13-24H2,1-4H3. The first-order valence-electron chi connectivity index (χ1n) is 19.7. The summed E-state index contributed by atoms with van der Waals surface area (Å²) >= 11 is 0. The molecule has 0 spiro atoms. The van der Waals surface area contributed by atoms with Gasteiger partial charge in [-0.25, -0.2) is 0 Å². The van der Waals surface area contributed by atoms with Crippen molar-refractivity contribution >= 4 is 24.9 Å². The number of hydrogen-bond acceptors (Lipinski definition) is 12. The van der Waals surface area contributed by atoms with E-state index in [9.17, 15) is 10.2 Å². The third-order valence-corrected chi connectivity index (χ3v) is 9.75. The van der Waals surface area contributed by atoms with E-state index in [0.29, 0.717) is 48.4 Å². The maximum absolute atomic E-state index is 11.2. The lowest BCUT2D eigenvalue weighted by molar-refractivity contribution is 0.284. The Morgan fingerprint density at radius 2 is 0.893 bits per heavy atom. The Morgan fingerprint density at radius 3 is 1.20 bits per heavy atom. The second-order valence-corrected chi connectivity index (χ2v) is 14.3. The van der Waals surface area contributed by atoms with Crippen molar-refractivity contribution in [3.8, 4) is 11.5 Å². The van der Waals surface area contributed by atoms with Crippen molar-refractivity contribution in [2.24, 2.45) is 20.0 Å². The molecule has 2 unspecified atom stereocenters. The third kappa shape index (κ3) is 13.6. The van der Waals surface area contributed by atoms with Crippen molar-refractivity contribution in [2.75, 3.05) is 78.5 Å². The highest BCUT2D eigenvalue weighted by Crippen LogP contribution is 2.23. The van der Waals surface area contributed by atoms with E-state index in [1.54, 1.807) is 24.9 Å². The molecule has 0 amide bonds. The number of pyridine rings is 2. The molecule has 56 heavy (non-hydrogen) atoms. The second-order valence-electron chi connectivity index (χ2n) is 14.3. The number of rotatable bonds is 10. The first kappa shape index (κ1) is 42.0. The molecule has 296 valence electrons. The number of aromatic hydroxyl groups is 2. The predicted molar refractivity (Wildman–Crippen MR) is 230 cm³/mol. The van der Waals surface area contributed by atoms with E-state index < -0.39 is 0 Å². The van der Waals surface area contributed by atoms with Gasteiger partial charge < -0.3 is 20.8 Å². The van der Waals surface area contributed by atoms with Gasteiger partial charge in [-0.3, -0.25) is 39.7 Å². The van der Waals surface area contributed by atoms with Gasteiger partial charge in [0.1, 0.15) is 11.5 Å². The average molecular weight is 759 g/mol. The lowest BCUT2D eigenvalue weighted by atomic mass is 10.1. The zero-order valence-electron chi connectivity index (χ0n) is 33.3. The SMILES string of the molecule is Cc1cc2c(O)c(c1)C=NCCN(CCNC(C)c1ccccn1)CCN=Cc1cc(C)cc(c1O)C=NCCN(CCNC(C)c1ccccn1)CCN=C2. The second kappa shape index (κ2) is 22.4. The number of hydrogen-bond donors (Lipinski definition) is 4. The van der Waals surface area contributed by atoms with Gasteiger partial charge in [0, 0.05) is 124 Å². The third-order valence-electron chi connectivity index (χ3n) is 9.75. The summed E-state index contributed by atoms with van der Waals surface area (Å²) in [5, 5.41) is 29.5. The normalized spacial score (nSPS) is 16.4. The lowest BCUT2D eigenvalue weighted by Crippen LogP contribution is -2.36. The van der Waals surface area contributed by atoms with Gasteiger partial charge in [0.2, 0.25) is 0 Å². The smallest absolute Gasteiger partial charge is 0.133 e. The first-order chi connectivity index (χ1) is 27.3. The largest absolute Gasteiger partial charge is 0.507 e. The van der Waals surface area contributed by atoms with Gasteiger partial charge in [-0.2, -0.15) is 0 Å². The van der Waals surface area contributed by atoms with Crippen LogP contribution in [0.15, 0.2) is 93.0 Å². The van der Waals surface area contributed by atoms with Crippen LogP contribution < -0.4 is 10.6 Å². The van der Waals surface area contributed by atoms with Crippen LogP contribution in [-0.2, 0) is 0 Å². The summed E-state index contributed by atoms with van der Waals surface area (Å²) in [4.78, 5) is 32.5. The van der Waals surface area contributed by atoms with E-state index in [2.05, 4.69) is 44.2 Å². The van der Waals surface area contributed by atoms with Gasteiger partial charge in [-0.05, 0) is 87.4 Å². The molecule has 2 atom stereocenters. The summed E-state index contributed by atoms with van der Waals surface area (Å²) < 4.78 is 0. The Bertz CT molecular complexity index is 1700. The summed E-state index contributed by atoms with van der Waals surface area (Å²) in [6, 6.07) is 20.0. The van der Waals surface area contributed by atoms with Gasteiger partial charge >= 0.3 is 0 Å². The number of phenols is 2. The molecule has 1 aliphatic heterocycles. The van der Waals surface area contributed by atoms with Gasteiger partial charge in [0.05, 0.1) is 37.6 Å². The van der Waals surface area contributed by atoms with Crippen LogP contribution in [0.4, 0.5) is 0 Å². The number of benzene rings is 2. The molecule has 4 N–H and O–H groups in total. The molecule has 3 heterocycles. The Kier molecular flexibility index (Phi) is 16.8.